The second-order valence-corrected chi connectivity index (χ2v) is 6.43. The summed E-state index contributed by atoms with van der Waals surface area (Å²) < 4.78 is 5.20. The number of carbonyl (C=O) groups excluding carboxylic acids is 1. The SMILES string of the molecule is CC(C)CCc1noc(C(C)NC(=O)C(C)(C)C)n1. The minimum Gasteiger partial charge on any atom is -0.344 e. The minimum absolute atomic E-state index is 0.0260. The first-order chi connectivity index (χ1) is 8.70. The van der Waals surface area contributed by atoms with Crippen molar-refractivity contribution in [3.05, 3.63) is 11.7 Å². The molecule has 1 unspecified atom stereocenters. The summed E-state index contributed by atoms with van der Waals surface area (Å²) in [5.74, 6) is 1.76. The van der Waals surface area contributed by atoms with Gasteiger partial charge in [0.15, 0.2) is 5.82 Å². The van der Waals surface area contributed by atoms with Crippen LogP contribution in [0.3, 0.4) is 0 Å². The van der Waals surface area contributed by atoms with Crippen LogP contribution in [0.25, 0.3) is 0 Å². The van der Waals surface area contributed by atoms with Gasteiger partial charge >= 0.3 is 0 Å². The van der Waals surface area contributed by atoms with Gasteiger partial charge in [-0.2, -0.15) is 4.98 Å². The zero-order valence-electron chi connectivity index (χ0n) is 12.8. The Labute approximate surface area is 115 Å². The quantitative estimate of drug-likeness (QED) is 0.890. The summed E-state index contributed by atoms with van der Waals surface area (Å²) in [7, 11) is 0. The maximum Gasteiger partial charge on any atom is 0.248 e. The Morgan fingerprint density at radius 2 is 1.95 bits per heavy atom. The van der Waals surface area contributed by atoms with Gasteiger partial charge in [0.2, 0.25) is 11.8 Å². The molecule has 1 atom stereocenters. The maximum absolute atomic E-state index is 11.9. The normalized spacial score (nSPS) is 13.6. The van der Waals surface area contributed by atoms with Crippen LogP contribution in [0.4, 0.5) is 0 Å². The standard InChI is InChI=1S/C14H25N3O2/c1-9(2)7-8-11-16-12(19-17-11)10(3)15-13(18)14(4,5)6/h9-10H,7-8H2,1-6H3,(H,15,18). The van der Waals surface area contributed by atoms with Crippen molar-refractivity contribution in [2.24, 2.45) is 11.3 Å². The fourth-order valence-corrected chi connectivity index (χ4v) is 1.44. The molecule has 0 radical (unpaired) electrons. The number of carbonyl (C=O) groups is 1. The largest absolute Gasteiger partial charge is 0.344 e. The van der Waals surface area contributed by atoms with E-state index in [1.54, 1.807) is 0 Å². The molecule has 0 spiro atoms. The van der Waals surface area contributed by atoms with Gasteiger partial charge in [0, 0.05) is 11.8 Å². The van der Waals surface area contributed by atoms with Crippen molar-refractivity contribution in [1.82, 2.24) is 15.5 Å². The summed E-state index contributed by atoms with van der Waals surface area (Å²) in [6.45, 7) is 11.8. The van der Waals surface area contributed by atoms with Gasteiger partial charge in [-0.15, -0.1) is 0 Å². The first-order valence-corrected chi connectivity index (χ1v) is 6.83. The highest BCUT2D eigenvalue weighted by molar-refractivity contribution is 5.81. The third-order valence-electron chi connectivity index (χ3n) is 2.83. The lowest BCUT2D eigenvalue weighted by atomic mass is 9.95. The van der Waals surface area contributed by atoms with E-state index in [4.69, 9.17) is 4.52 Å². The van der Waals surface area contributed by atoms with E-state index in [0.29, 0.717) is 17.6 Å². The van der Waals surface area contributed by atoms with Gasteiger partial charge in [-0.1, -0.05) is 39.8 Å². The second kappa shape index (κ2) is 6.17. The molecule has 1 rings (SSSR count). The van der Waals surface area contributed by atoms with Crippen LogP contribution in [0, 0.1) is 11.3 Å². The van der Waals surface area contributed by atoms with E-state index in [-0.39, 0.29) is 11.9 Å². The molecule has 0 aliphatic heterocycles. The molecule has 1 amide bonds. The average Bonchev–Trinajstić information content (AvgIpc) is 2.73. The summed E-state index contributed by atoms with van der Waals surface area (Å²) in [6, 6.07) is -0.257. The van der Waals surface area contributed by atoms with Crippen LogP contribution in [0.1, 0.15) is 65.7 Å². The molecule has 0 aliphatic rings. The van der Waals surface area contributed by atoms with E-state index in [0.717, 1.165) is 12.8 Å². The van der Waals surface area contributed by atoms with Crippen LogP contribution < -0.4 is 5.32 Å². The van der Waals surface area contributed by atoms with Crippen LogP contribution >= 0.6 is 0 Å². The van der Waals surface area contributed by atoms with E-state index in [2.05, 4.69) is 29.3 Å². The Bertz CT molecular complexity index is 419. The molecule has 0 fully saturated rings. The molecule has 0 saturated heterocycles. The number of aryl methyl sites for hydroxylation is 1. The molecule has 0 saturated carbocycles. The lowest BCUT2D eigenvalue weighted by Crippen LogP contribution is -2.36. The monoisotopic (exact) mass is 267 g/mol. The lowest BCUT2D eigenvalue weighted by Gasteiger charge is -2.19. The molecule has 1 N–H and O–H groups in total. The number of amides is 1. The molecule has 0 aromatic carbocycles. The van der Waals surface area contributed by atoms with Crippen molar-refractivity contribution >= 4 is 5.91 Å². The molecule has 19 heavy (non-hydrogen) atoms. The van der Waals surface area contributed by atoms with Gasteiger partial charge in [-0.05, 0) is 19.3 Å². The van der Waals surface area contributed by atoms with E-state index < -0.39 is 5.41 Å². The molecule has 1 aromatic heterocycles. The topological polar surface area (TPSA) is 68.0 Å². The molecule has 0 aliphatic carbocycles. The molecule has 5 nitrogen and oxygen atoms in total. The summed E-state index contributed by atoms with van der Waals surface area (Å²) >= 11 is 0. The van der Waals surface area contributed by atoms with Gasteiger partial charge in [0.25, 0.3) is 0 Å². The first kappa shape index (κ1) is 15.7. The third kappa shape index (κ3) is 5.01. The molecular formula is C14H25N3O2. The Kier molecular flexibility index (Phi) is 5.09. The van der Waals surface area contributed by atoms with Crippen molar-refractivity contribution in [3.8, 4) is 0 Å². The fraction of sp³-hybridized carbons (Fsp3) is 0.786. The van der Waals surface area contributed by atoms with Crippen molar-refractivity contribution in [2.45, 2.75) is 60.4 Å². The minimum atomic E-state index is -0.422. The second-order valence-electron chi connectivity index (χ2n) is 6.43. The highest BCUT2D eigenvalue weighted by atomic mass is 16.5. The highest BCUT2D eigenvalue weighted by Crippen LogP contribution is 2.17. The van der Waals surface area contributed by atoms with Crippen LogP contribution in [-0.2, 0) is 11.2 Å². The Balaban J connectivity index is 2.58. The fourth-order valence-electron chi connectivity index (χ4n) is 1.44. The smallest absolute Gasteiger partial charge is 0.248 e. The number of aromatic nitrogens is 2. The Hall–Kier alpha value is -1.39. The third-order valence-corrected chi connectivity index (χ3v) is 2.83. The molecular weight excluding hydrogens is 242 g/mol. The van der Waals surface area contributed by atoms with Gasteiger partial charge in [0.05, 0.1) is 0 Å². The van der Waals surface area contributed by atoms with Crippen LogP contribution in [0.5, 0.6) is 0 Å². The van der Waals surface area contributed by atoms with E-state index >= 15 is 0 Å². The zero-order valence-corrected chi connectivity index (χ0v) is 12.8. The lowest BCUT2D eigenvalue weighted by molar-refractivity contribution is -0.129. The maximum atomic E-state index is 11.9. The summed E-state index contributed by atoms with van der Waals surface area (Å²) in [5.41, 5.74) is -0.422. The molecule has 1 aromatic rings. The van der Waals surface area contributed by atoms with E-state index in [9.17, 15) is 4.79 Å². The molecule has 108 valence electrons. The number of rotatable bonds is 5. The number of hydrogen-bond donors (Lipinski definition) is 1. The van der Waals surface area contributed by atoms with Gasteiger partial charge < -0.3 is 9.84 Å². The van der Waals surface area contributed by atoms with Gasteiger partial charge in [0.1, 0.15) is 6.04 Å². The Morgan fingerprint density at radius 1 is 1.32 bits per heavy atom. The van der Waals surface area contributed by atoms with E-state index in [1.165, 1.54) is 0 Å². The summed E-state index contributed by atoms with van der Waals surface area (Å²) in [5, 5.41) is 6.82. The van der Waals surface area contributed by atoms with E-state index in [1.807, 2.05) is 27.7 Å². The number of nitrogens with one attached hydrogen (secondary N) is 1. The molecule has 5 heteroatoms. The van der Waals surface area contributed by atoms with Crippen molar-refractivity contribution in [2.75, 3.05) is 0 Å². The highest BCUT2D eigenvalue weighted by Gasteiger charge is 2.25. The van der Waals surface area contributed by atoms with Crippen molar-refractivity contribution in [3.63, 3.8) is 0 Å². The van der Waals surface area contributed by atoms with Gasteiger partial charge in [-0.3, -0.25) is 4.79 Å². The Morgan fingerprint density at radius 3 is 2.47 bits per heavy atom. The summed E-state index contributed by atoms with van der Waals surface area (Å²) in [6.07, 6.45) is 1.84. The predicted molar refractivity (Wildman–Crippen MR) is 73.5 cm³/mol. The predicted octanol–water partition coefficient (Wildman–Crippen LogP) is 2.88. The van der Waals surface area contributed by atoms with Crippen LogP contribution in [0.15, 0.2) is 4.52 Å². The van der Waals surface area contributed by atoms with Crippen molar-refractivity contribution < 1.29 is 9.32 Å². The number of nitrogens with zero attached hydrogens (tertiary/aromatic N) is 2. The van der Waals surface area contributed by atoms with Gasteiger partial charge in [-0.25, -0.2) is 0 Å². The molecule has 0 bridgehead atoms. The van der Waals surface area contributed by atoms with Crippen LogP contribution in [0.2, 0.25) is 0 Å². The zero-order chi connectivity index (χ0) is 14.6. The van der Waals surface area contributed by atoms with Crippen LogP contribution in [-0.4, -0.2) is 16.0 Å². The van der Waals surface area contributed by atoms with Crippen molar-refractivity contribution in [1.29, 1.82) is 0 Å². The average molecular weight is 267 g/mol. The number of hydrogen-bond acceptors (Lipinski definition) is 4. The summed E-state index contributed by atoms with van der Waals surface area (Å²) in [4.78, 5) is 16.2. The molecule has 1 heterocycles. The first-order valence-electron chi connectivity index (χ1n) is 6.83.